The van der Waals surface area contributed by atoms with Crippen molar-refractivity contribution >= 4 is 0 Å². The van der Waals surface area contributed by atoms with Crippen molar-refractivity contribution in [3.05, 3.63) is 11.4 Å². The summed E-state index contributed by atoms with van der Waals surface area (Å²) in [5.74, 6) is 0.182. The predicted molar refractivity (Wildman–Crippen MR) is 43.9 cm³/mol. The Morgan fingerprint density at radius 2 is 1.64 bits per heavy atom. The molecule has 3 aliphatic carbocycles. The van der Waals surface area contributed by atoms with E-state index in [1.54, 1.807) is 0 Å². The summed E-state index contributed by atoms with van der Waals surface area (Å²) in [6.45, 7) is 6.00. The minimum atomic E-state index is 0.0214. The van der Waals surface area contributed by atoms with Gasteiger partial charge in [0.05, 0.1) is 0 Å². The number of halogens is 1. The lowest BCUT2D eigenvalue weighted by Gasteiger charge is -2.69. The molecule has 3 rings (SSSR count). The maximum atomic E-state index is 13.4. The summed E-state index contributed by atoms with van der Waals surface area (Å²) in [7, 11) is 0. The first-order valence-corrected chi connectivity index (χ1v) is 4.31. The van der Waals surface area contributed by atoms with Gasteiger partial charge in [-0.25, -0.2) is 4.39 Å². The number of hydrogen-bond acceptors (Lipinski definition) is 0. The molecule has 0 heterocycles. The molecule has 3 saturated carbocycles. The van der Waals surface area contributed by atoms with E-state index in [4.69, 9.17) is 0 Å². The molecular formula is C10H15F. The van der Waals surface area contributed by atoms with Gasteiger partial charge >= 0.3 is 0 Å². The van der Waals surface area contributed by atoms with Crippen molar-refractivity contribution in [2.24, 2.45) is 10.8 Å². The molecule has 0 radical (unpaired) electrons. The highest BCUT2D eigenvalue weighted by Gasteiger charge is 2.67. The zero-order chi connectivity index (χ0) is 8.28. The molecule has 0 nitrogen and oxygen atoms in total. The first-order chi connectivity index (χ1) is 4.98. The van der Waals surface area contributed by atoms with Crippen LogP contribution in [-0.2, 0) is 0 Å². The molecule has 0 aromatic heterocycles. The molecule has 2 bridgehead atoms. The standard InChI is InChI=1S/C10H15F/c1-7(2)8(11)10-4-9(3,5-10)6-10/h4-6H2,1-3H3. The molecular weight excluding hydrogens is 139 g/mol. The maximum Gasteiger partial charge on any atom is 0.105 e. The molecule has 0 aromatic rings. The van der Waals surface area contributed by atoms with Crippen LogP contribution in [0.1, 0.15) is 40.0 Å². The predicted octanol–water partition coefficient (Wildman–Crippen LogP) is 3.44. The van der Waals surface area contributed by atoms with E-state index >= 15 is 0 Å². The van der Waals surface area contributed by atoms with E-state index in [0.29, 0.717) is 5.41 Å². The second kappa shape index (κ2) is 1.70. The monoisotopic (exact) mass is 154 g/mol. The molecule has 3 fully saturated rings. The highest BCUT2D eigenvalue weighted by atomic mass is 19.1. The van der Waals surface area contributed by atoms with Crippen LogP contribution in [0.4, 0.5) is 4.39 Å². The molecule has 3 aliphatic rings. The van der Waals surface area contributed by atoms with Crippen molar-refractivity contribution < 1.29 is 4.39 Å². The van der Waals surface area contributed by atoms with E-state index in [2.05, 4.69) is 6.92 Å². The van der Waals surface area contributed by atoms with Crippen LogP contribution in [0.15, 0.2) is 11.4 Å². The van der Waals surface area contributed by atoms with Gasteiger partial charge in [0, 0.05) is 5.41 Å². The zero-order valence-electron chi connectivity index (χ0n) is 7.50. The van der Waals surface area contributed by atoms with E-state index in [-0.39, 0.29) is 11.2 Å². The van der Waals surface area contributed by atoms with E-state index in [1.807, 2.05) is 13.8 Å². The first-order valence-electron chi connectivity index (χ1n) is 4.31. The topological polar surface area (TPSA) is 0 Å². The van der Waals surface area contributed by atoms with Gasteiger partial charge in [-0.1, -0.05) is 6.92 Å². The van der Waals surface area contributed by atoms with Gasteiger partial charge in [0.1, 0.15) is 5.83 Å². The van der Waals surface area contributed by atoms with Crippen molar-refractivity contribution in [3.63, 3.8) is 0 Å². The van der Waals surface area contributed by atoms with Gasteiger partial charge in [-0.3, -0.25) is 0 Å². The lowest BCUT2D eigenvalue weighted by Crippen LogP contribution is -2.60. The molecule has 0 aliphatic heterocycles. The highest BCUT2D eigenvalue weighted by Crippen LogP contribution is 2.76. The fourth-order valence-electron chi connectivity index (χ4n) is 3.06. The Labute approximate surface area is 67.5 Å². The lowest BCUT2D eigenvalue weighted by atomic mass is 9.35. The van der Waals surface area contributed by atoms with Crippen molar-refractivity contribution in [2.75, 3.05) is 0 Å². The van der Waals surface area contributed by atoms with Crippen molar-refractivity contribution in [2.45, 2.75) is 40.0 Å². The zero-order valence-corrected chi connectivity index (χ0v) is 7.50. The fourth-order valence-corrected chi connectivity index (χ4v) is 3.06. The molecule has 0 atom stereocenters. The Kier molecular flexibility index (Phi) is 1.13. The molecule has 0 amide bonds. The van der Waals surface area contributed by atoms with Crippen molar-refractivity contribution in [1.29, 1.82) is 0 Å². The van der Waals surface area contributed by atoms with Crippen LogP contribution in [0.25, 0.3) is 0 Å². The summed E-state index contributed by atoms with van der Waals surface area (Å²) in [5, 5.41) is 0. The second-order valence-corrected chi connectivity index (χ2v) is 4.94. The van der Waals surface area contributed by atoms with Crippen LogP contribution in [0.3, 0.4) is 0 Å². The Hall–Kier alpha value is -0.330. The van der Waals surface area contributed by atoms with Gasteiger partial charge in [0.2, 0.25) is 0 Å². The summed E-state index contributed by atoms with van der Waals surface area (Å²) in [4.78, 5) is 0. The van der Waals surface area contributed by atoms with Crippen LogP contribution >= 0.6 is 0 Å². The number of allylic oxidation sites excluding steroid dienone is 2. The number of rotatable bonds is 1. The van der Waals surface area contributed by atoms with Gasteiger partial charge in [-0.15, -0.1) is 0 Å². The summed E-state index contributed by atoms with van der Waals surface area (Å²) >= 11 is 0. The SMILES string of the molecule is CC(C)=C(F)C12CC(C)(C1)C2. The van der Waals surface area contributed by atoms with Crippen molar-refractivity contribution in [1.82, 2.24) is 0 Å². The molecule has 0 spiro atoms. The molecule has 1 heteroatoms. The van der Waals surface area contributed by atoms with Gasteiger partial charge in [-0.2, -0.15) is 0 Å². The van der Waals surface area contributed by atoms with Gasteiger partial charge in [-0.05, 0) is 44.1 Å². The van der Waals surface area contributed by atoms with Gasteiger partial charge in [0.25, 0.3) is 0 Å². The van der Waals surface area contributed by atoms with Crippen molar-refractivity contribution in [3.8, 4) is 0 Å². The summed E-state index contributed by atoms with van der Waals surface area (Å²) < 4.78 is 13.4. The first kappa shape index (κ1) is 7.33. The lowest BCUT2D eigenvalue weighted by molar-refractivity contribution is -0.174. The second-order valence-electron chi connectivity index (χ2n) is 4.94. The highest BCUT2D eigenvalue weighted by molar-refractivity contribution is 5.29. The largest absolute Gasteiger partial charge is 0.211 e. The van der Waals surface area contributed by atoms with Crippen LogP contribution in [-0.4, -0.2) is 0 Å². The minimum Gasteiger partial charge on any atom is -0.211 e. The molecule has 0 aromatic carbocycles. The van der Waals surface area contributed by atoms with Crippen LogP contribution in [0, 0.1) is 10.8 Å². The van der Waals surface area contributed by atoms with Crippen LogP contribution in [0.2, 0.25) is 0 Å². The molecule has 0 unspecified atom stereocenters. The fraction of sp³-hybridized carbons (Fsp3) is 0.800. The Morgan fingerprint density at radius 1 is 1.18 bits per heavy atom. The van der Waals surface area contributed by atoms with Crippen LogP contribution < -0.4 is 0 Å². The van der Waals surface area contributed by atoms with E-state index in [1.165, 1.54) is 0 Å². The third-order valence-electron chi connectivity index (χ3n) is 3.20. The summed E-state index contributed by atoms with van der Waals surface area (Å²) in [6.07, 6.45) is 3.28. The molecule has 62 valence electrons. The Bertz CT molecular complexity index is 213. The normalized spacial score (nSPS) is 45.8. The minimum absolute atomic E-state index is 0.0214. The quantitative estimate of drug-likeness (QED) is 0.542. The average molecular weight is 154 g/mol. The molecule has 11 heavy (non-hydrogen) atoms. The van der Waals surface area contributed by atoms with Gasteiger partial charge in [0.15, 0.2) is 0 Å². The molecule has 0 N–H and O–H groups in total. The van der Waals surface area contributed by atoms with E-state index < -0.39 is 0 Å². The van der Waals surface area contributed by atoms with E-state index in [9.17, 15) is 4.39 Å². The average Bonchev–Trinajstić information content (AvgIpc) is 1.77. The smallest absolute Gasteiger partial charge is 0.105 e. The third-order valence-corrected chi connectivity index (χ3v) is 3.20. The number of hydrogen-bond donors (Lipinski definition) is 0. The summed E-state index contributed by atoms with van der Waals surface area (Å²) in [6, 6.07) is 0. The van der Waals surface area contributed by atoms with Gasteiger partial charge < -0.3 is 0 Å². The van der Waals surface area contributed by atoms with E-state index in [0.717, 1.165) is 24.8 Å². The Morgan fingerprint density at radius 3 is 1.91 bits per heavy atom. The maximum absolute atomic E-state index is 13.4. The summed E-state index contributed by atoms with van der Waals surface area (Å²) in [5.41, 5.74) is 1.42. The Balaban J connectivity index is 2.16. The van der Waals surface area contributed by atoms with Crippen LogP contribution in [0.5, 0.6) is 0 Å². The third kappa shape index (κ3) is 0.743. The molecule has 0 saturated heterocycles.